The molecule has 1 aliphatic rings. The second-order valence-corrected chi connectivity index (χ2v) is 6.83. The topological polar surface area (TPSA) is 55.8 Å². The van der Waals surface area contributed by atoms with Crippen molar-refractivity contribution < 1.29 is 17.9 Å². The van der Waals surface area contributed by atoms with Crippen LogP contribution in [-0.2, 0) is 16.4 Å². The average Bonchev–Trinajstić information content (AvgIpc) is 2.45. The highest BCUT2D eigenvalue weighted by Crippen LogP contribution is 2.39. The van der Waals surface area contributed by atoms with Crippen LogP contribution in [0.25, 0.3) is 0 Å². The van der Waals surface area contributed by atoms with Crippen molar-refractivity contribution in [1.82, 2.24) is 0 Å². The van der Waals surface area contributed by atoms with E-state index in [1.54, 1.807) is 26.4 Å². The molecule has 1 heterocycles. The first-order chi connectivity index (χ1) is 9.53. The van der Waals surface area contributed by atoms with E-state index in [2.05, 4.69) is 0 Å². The third-order valence-electron chi connectivity index (χ3n) is 3.47. The Bertz CT molecular complexity index is 583. The Kier molecular flexibility index (Phi) is 4.42. The molecule has 0 aliphatic carbocycles. The average molecular weight is 299 g/mol. The highest BCUT2D eigenvalue weighted by Gasteiger charge is 2.29. The zero-order valence-corrected chi connectivity index (χ0v) is 13.0. The molecule has 6 heteroatoms. The number of methoxy groups -OCH3 is 2. The standard InChI is InChI=1S/C14H21NO4S/c1-4-8-20(16,17)15-7-5-6-12-13(15)9-11(18-2)10-14(12)19-3/h9-10H,4-8H2,1-3H3. The second kappa shape index (κ2) is 5.91. The van der Waals surface area contributed by atoms with Crippen LogP contribution in [0.1, 0.15) is 25.3 Å². The number of rotatable bonds is 5. The van der Waals surface area contributed by atoms with E-state index in [0.29, 0.717) is 30.2 Å². The van der Waals surface area contributed by atoms with E-state index in [4.69, 9.17) is 9.47 Å². The van der Waals surface area contributed by atoms with Crippen molar-refractivity contribution in [3.05, 3.63) is 17.7 Å². The zero-order valence-electron chi connectivity index (χ0n) is 12.2. The summed E-state index contributed by atoms with van der Waals surface area (Å²) >= 11 is 0. The minimum absolute atomic E-state index is 0.159. The molecule has 0 saturated carbocycles. The van der Waals surface area contributed by atoms with Gasteiger partial charge in [-0.1, -0.05) is 6.92 Å². The van der Waals surface area contributed by atoms with Crippen LogP contribution in [0.5, 0.6) is 11.5 Å². The molecule has 0 N–H and O–H groups in total. The summed E-state index contributed by atoms with van der Waals surface area (Å²) in [4.78, 5) is 0. The van der Waals surface area contributed by atoms with Crippen LogP contribution < -0.4 is 13.8 Å². The number of ether oxygens (including phenoxy) is 2. The smallest absolute Gasteiger partial charge is 0.235 e. The molecule has 0 saturated heterocycles. The summed E-state index contributed by atoms with van der Waals surface area (Å²) in [5.41, 5.74) is 1.64. The Hall–Kier alpha value is -1.43. The summed E-state index contributed by atoms with van der Waals surface area (Å²) in [6, 6.07) is 3.58. The van der Waals surface area contributed by atoms with Gasteiger partial charge in [0.15, 0.2) is 0 Å². The molecule has 1 aromatic carbocycles. The van der Waals surface area contributed by atoms with Crippen molar-refractivity contribution in [1.29, 1.82) is 0 Å². The van der Waals surface area contributed by atoms with Crippen molar-refractivity contribution in [3.8, 4) is 11.5 Å². The molecule has 2 rings (SSSR count). The SMILES string of the molecule is CCCS(=O)(=O)N1CCCc2c(OC)cc(OC)cc21. The number of sulfonamides is 1. The Morgan fingerprint density at radius 1 is 1.25 bits per heavy atom. The van der Waals surface area contributed by atoms with E-state index < -0.39 is 10.0 Å². The van der Waals surface area contributed by atoms with Gasteiger partial charge in [0.2, 0.25) is 10.0 Å². The van der Waals surface area contributed by atoms with Crippen molar-refractivity contribution in [3.63, 3.8) is 0 Å². The van der Waals surface area contributed by atoms with E-state index in [0.717, 1.165) is 18.4 Å². The number of anilines is 1. The first-order valence-corrected chi connectivity index (χ1v) is 8.39. The molecule has 0 radical (unpaired) electrons. The Labute approximate surface area is 120 Å². The minimum atomic E-state index is -3.27. The van der Waals surface area contributed by atoms with Crippen molar-refractivity contribution in [2.45, 2.75) is 26.2 Å². The van der Waals surface area contributed by atoms with Crippen LogP contribution >= 0.6 is 0 Å². The largest absolute Gasteiger partial charge is 0.497 e. The minimum Gasteiger partial charge on any atom is -0.497 e. The monoisotopic (exact) mass is 299 g/mol. The van der Waals surface area contributed by atoms with E-state index in [-0.39, 0.29) is 5.75 Å². The second-order valence-electron chi connectivity index (χ2n) is 4.82. The summed E-state index contributed by atoms with van der Waals surface area (Å²) in [5, 5.41) is 0. The first-order valence-electron chi connectivity index (χ1n) is 6.78. The summed E-state index contributed by atoms with van der Waals surface area (Å²) in [6.45, 7) is 2.39. The number of benzene rings is 1. The number of hydrogen-bond acceptors (Lipinski definition) is 4. The van der Waals surface area contributed by atoms with Gasteiger partial charge in [-0.3, -0.25) is 4.31 Å². The molecule has 5 nitrogen and oxygen atoms in total. The highest BCUT2D eigenvalue weighted by atomic mass is 32.2. The van der Waals surface area contributed by atoms with E-state index in [1.807, 2.05) is 6.92 Å². The van der Waals surface area contributed by atoms with Gasteiger partial charge in [0.05, 0.1) is 25.7 Å². The molecule has 112 valence electrons. The van der Waals surface area contributed by atoms with Crippen molar-refractivity contribution in [2.24, 2.45) is 0 Å². The van der Waals surface area contributed by atoms with Crippen LogP contribution in [0.2, 0.25) is 0 Å². The lowest BCUT2D eigenvalue weighted by atomic mass is 10.0. The van der Waals surface area contributed by atoms with Gasteiger partial charge >= 0.3 is 0 Å². The van der Waals surface area contributed by atoms with Gasteiger partial charge in [0, 0.05) is 24.2 Å². The van der Waals surface area contributed by atoms with Gasteiger partial charge in [0.1, 0.15) is 11.5 Å². The van der Waals surface area contributed by atoms with Crippen LogP contribution in [0, 0.1) is 0 Å². The third-order valence-corrected chi connectivity index (χ3v) is 5.44. The lowest BCUT2D eigenvalue weighted by Gasteiger charge is -2.31. The maximum atomic E-state index is 12.4. The molecule has 0 spiro atoms. The lowest BCUT2D eigenvalue weighted by Crippen LogP contribution is -2.37. The molecular formula is C14H21NO4S. The molecule has 20 heavy (non-hydrogen) atoms. The number of nitrogens with zero attached hydrogens (tertiary/aromatic N) is 1. The van der Waals surface area contributed by atoms with Crippen LogP contribution in [-0.4, -0.2) is 34.9 Å². The van der Waals surface area contributed by atoms with Crippen LogP contribution in [0.15, 0.2) is 12.1 Å². The van der Waals surface area contributed by atoms with Gasteiger partial charge in [-0.05, 0) is 19.3 Å². The first kappa shape index (κ1) is 15.0. The normalized spacial score (nSPS) is 14.8. The summed E-state index contributed by atoms with van der Waals surface area (Å²) in [6.07, 6.45) is 2.23. The molecule has 0 fully saturated rings. The Balaban J connectivity index is 2.54. The Morgan fingerprint density at radius 2 is 2.00 bits per heavy atom. The fourth-order valence-electron chi connectivity index (χ4n) is 2.56. The quantitative estimate of drug-likeness (QED) is 0.836. The molecule has 0 amide bonds. The van der Waals surface area contributed by atoms with Gasteiger partial charge < -0.3 is 9.47 Å². The maximum absolute atomic E-state index is 12.4. The summed E-state index contributed by atoms with van der Waals surface area (Å²) < 4.78 is 36.9. The molecule has 1 aliphatic heterocycles. The molecule has 1 aromatic rings. The molecule has 0 aromatic heterocycles. The van der Waals surface area contributed by atoms with Gasteiger partial charge in [-0.2, -0.15) is 0 Å². The molecule has 0 unspecified atom stereocenters. The molecule has 0 bridgehead atoms. The maximum Gasteiger partial charge on any atom is 0.235 e. The van der Waals surface area contributed by atoms with Gasteiger partial charge in [-0.15, -0.1) is 0 Å². The predicted octanol–water partition coefficient (Wildman–Crippen LogP) is 2.20. The predicted molar refractivity (Wildman–Crippen MR) is 79.3 cm³/mol. The van der Waals surface area contributed by atoms with E-state index >= 15 is 0 Å². The fourth-order valence-corrected chi connectivity index (χ4v) is 4.16. The van der Waals surface area contributed by atoms with E-state index in [1.165, 1.54) is 4.31 Å². The highest BCUT2D eigenvalue weighted by molar-refractivity contribution is 7.92. The zero-order chi connectivity index (χ0) is 14.8. The summed E-state index contributed by atoms with van der Waals surface area (Å²) in [5.74, 6) is 1.46. The lowest BCUT2D eigenvalue weighted by molar-refractivity contribution is 0.390. The van der Waals surface area contributed by atoms with Crippen LogP contribution in [0.4, 0.5) is 5.69 Å². The van der Waals surface area contributed by atoms with Crippen molar-refractivity contribution in [2.75, 3.05) is 30.8 Å². The number of hydrogen-bond donors (Lipinski definition) is 0. The van der Waals surface area contributed by atoms with Crippen LogP contribution in [0.3, 0.4) is 0 Å². The fraction of sp³-hybridized carbons (Fsp3) is 0.571. The van der Waals surface area contributed by atoms with Crippen molar-refractivity contribution >= 4 is 15.7 Å². The molecular weight excluding hydrogens is 278 g/mol. The molecule has 0 atom stereocenters. The Morgan fingerprint density at radius 3 is 2.60 bits per heavy atom. The van der Waals surface area contributed by atoms with E-state index in [9.17, 15) is 8.42 Å². The summed E-state index contributed by atoms with van der Waals surface area (Å²) in [7, 11) is -0.118. The van der Waals surface area contributed by atoms with Gasteiger partial charge in [0.25, 0.3) is 0 Å². The third kappa shape index (κ3) is 2.70. The van der Waals surface area contributed by atoms with Gasteiger partial charge in [-0.25, -0.2) is 8.42 Å². The number of fused-ring (bicyclic) bond motifs is 1.